The highest BCUT2D eigenvalue weighted by molar-refractivity contribution is 7.86. The molecule has 0 bridgehead atoms. The molecule has 2 aliphatic heterocycles. The summed E-state index contributed by atoms with van der Waals surface area (Å²) in [6.45, 7) is 2.24. The summed E-state index contributed by atoms with van der Waals surface area (Å²) in [5.41, 5.74) is 0.882. The SMILES string of the molecule is COc1ccc(C2CCCN2S(=O)(=O)N2CCOCC2)c(OC)c1. The van der Waals surface area contributed by atoms with E-state index in [1.807, 2.05) is 12.1 Å². The van der Waals surface area contributed by atoms with E-state index in [-0.39, 0.29) is 6.04 Å². The van der Waals surface area contributed by atoms with Crippen LogP contribution in [0.15, 0.2) is 18.2 Å². The summed E-state index contributed by atoms with van der Waals surface area (Å²) >= 11 is 0. The van der Waals surface area contributed by atoms with Crippen LogP contribution in [0.3, 0.4) is 0 Å². The van der Waals surface area contributed by atoms with Crippen LogP contribution in [-0.2, 0) is 14.9 Å². The van der Waals surface area contributed by atoms with Crippen molar-refractivity contribution in [2.24, 2.45) is 0 Å². The van der Waals surface area contributed by atoms with Gasteiger partial charge in [0, 0.05) is 31.3 Å². The summed E-state index contributed by atoms with van der Waals surface area (Å²) < 4.78 is 45.1. The van der Waals surface area contributed by atoms with Crippen molar-refractivity contribution in [3.8, 4) is 11.5 Å². The number of benzene rings is 1. The third-order valence-corrected chi connectivity index (χ3v) is 6.64. The zero-order valence-corrected chi connectivity index (χ0v) is 14.9. The van der Waals surface area contributed by atoms with E-state index in [4.69, 9.17) is 14.2 Å². The first-order valence-electron chi connectivity index (χ1n) is 8.14. The fourth-order valence-corrected chi connectivity index (χ4v) is 5.15. The number of hydrogen-bond acceptors (Lipinski definition) is 5. The van der Waals surface area contributed by atoms with Gasteiger partial charge in [0.05, 0.1) is 33.5 Å². The molecule has 1 aromatic carbocycles. The van der Waals surface area contributed by atoms with Gasteiger partial charge in [-0.2, -0.15) is 17.0 Å². The van der Waals surface area contributed by atoms with Gasteiger partial charge in [-0.15, -0.1) is 0 Å². The highest BCUT2D eigenvalue weighted by Crippen LogP contribution is 2.40. The van der Waals surface area contributed by atoms with Crippen molar-refractivity contribution in [3.05, 3.63) is 23.8 Å². The second kappa shape index (κ2) is 7.26. The number of morpholine rings is 1. The zero-order valence-electron chi connectivity index (χ0n) is 14.1. The fraction of sp³-hybridized carbons (Fsp3) is 0.625. The summed E-state index contributed by atoms with van der Waals surface area (Å²) in [6.07, 6.45) is 1.62. The van der Waals surface area contributed by atoms with Crippen LogP contribution in [0, 0.1) is 0 Å². The molecule has 1 atom stereocenters. The molecule has 0 saturated carbocycles. The fourth-order valence-electron chi connectivity index (χ4n) is 3.35. The van der Waals surface area contributed by atoms with Crippen molar-refractivity contribution in [3.63, 3.8) is 0 Å². The molecule has 0 radical (unpaired) electrons. The maximum atomic E-state index is 13.0. The van der Waals surface area contributed by atoms with Gasteiger partial charge in [-0.25, -0.2) is 0 Å². The largest absolute Gasteiger partial charge is 0.497 e. The normalized spacial score (nSPS) is 23.3. The third-order valence-electron chi connectivity index (χ3n) is 4.60. The molecule has 2 heterocycles. The third kappa shape index (κ3) is 3.23. The molecule has 24 heavy (non-hydrogen) atoms. The van der Waals surface area contributed by atoms with Gasteiger partial charge >= 0.3 is 0 Å². The monoisotopic (exact) mass is 356 g/mol. The molecule has 3 rings (SSSR count). The first-order valence-corrected chi connectivity index (χ1v) is 9.54. The lowest BCUT2D eigenvalue weighted by atomic mass is 10.0. The number of methoxy groups -OCH3 is 2. The Hall–Kier alpha value is -1.35. The van der Waals surface area contributed by atoms with Crippen molar-refractivity contribution in [2.75, 3.05) is 47.1 Å². The van der Waals surface area contributed by atoms with Crippen LogP contribution in [0.1, 0.15) is 24.4 Å². The Bertz CT molecular complexity index is 673. The van der Waals surface area contributed by atoms with E-state index >= 15 is 0 Å². The predicted molar refractivity (Wildman–Crippen MR) is 89.5 cm³/mol. The van der Waals surface area contributed by atoms with Crippen LogP contribution in [0.2, 0.25) is 0 Å². The minimum atomic E-state index is -3.50. The van der Waals surface area contributed by atoms with E-state index in [9.17, 15) is 8.42 Å². The first-order chi connectivity index (χ1) is 11.6. The van der Waals surface area contributed by atoms with Crippen molar-refractivity contribution in [2.45, 2.75) is 18.9 Å². The molecule has 0 aromatic heterocycles. The van der Waals surface area contributed by atoms with Crippen LogP contribution in [0.5, 0.6) is 11.5 Å². The van der Waals surface area contributed by atoms with Crippen LogP contribution < -0.4 is 9.47 Å². The van der Waals surface area contributed by atoms with Gasteiger partial charge in [-0.1, -0.05) is 6.07 Å². The molecule has 2 fully saturated rings. The summed E-state index contributed by atoms with van der Waals surface area (Å²) in [6, 6.07) is 5.33. The Morgan fingerprint density at radius 1 is 1.12 bits per heavy atom. The molecule has 0 aliphatic carbocycles. The molecule has 134 valence electrons. The molecule has 8 heteroatoms. The molecule has 7 nitrogen and oxygen atoms in total. The molecule has 0 amide bonds. The second-order valence-electron chi connectivity index (χ2n) is 5.90. The van der Waals surface area contributed by atoms with Gasteiger partial charge in [-0.3, -0.25) is 0 Å². The van der Waals surface area contributed by atoms with Crippen molar-refractivity contribution in [1.29, 1.82) is 0 Å². The Morgan fingerprint density at radius 2 is 1.88 bits per heavy atom. The van der Waals surface area contributed by atoms with Crippen molar-refractivity contribution >= 4 is 10.2 Å². The quantitative estimate of drug-likeness (QED) is 0.798. The lowest BCUT2D eigenvalue weighted by Gasteiger charge is -2.33. The van der Waals surface area contributed by atoms with Gasteiger partial charge in [0.15, 0.2) is 0 Å². The highest BCUT2D eigenvalue weighted by Gasteiger charge is 2.40. The first kappa shape index (κ1) is 17.5. The van der Waals surface area contributed by atoms with E-state index in [2.05, 4.69) is 0 Å². The van der Waals surface area contributed by atoms with E-state index in [1.165, 1.54) is 4.31 Å². The van der Waals surface area contributed by atoms with Gasteiger partial charge < -0.3 is 14.2 Å². The Kier molecular flexibility index (Phi) is 5.29. The molecule has 0 N–H and O–H groups in total. The predicted octanol–water partition coefficient (Wildman–Crippen LogP) is 1.42. The number of hydrogen-bond donors (Lipinski definition) is 0. The van der Waals surface area contributed by atoms with Crippen LogP contribution >= 0.6 is 0 Å². The average Bonchev–Trinajstić information content (AvgIpc) is 3.12. The minimum Gasteiger partial charge on any atom is -0.497 e. The highest BCUT2D eigenvalue weighted by atomic mass is 32.2. The van der Waals surface area contributed by atoms with Gasteiger partial charge in [0.25, 0.3) is 10.2 Å². The maximum Gasteiger partial charge on any atom is 0.282 e. The van der Waals surface area contributed by atoms with E-state index in [0.29, 0.717) is 44.3 Å². The topological polar surface area (TPSA) is 68.3 Å². The van der Waals surface area contributed by atoms with E-state index in [1.54, 1.807) is 24.6 Å². The van der Waals surface area contributed by atoms with Gasteiger partial charge in [0.2, 0.25) is 0 Å². The lowest BCUT2D eigenvalue weighted by Crippen LogP contribution is -2.48. The van der Waals surface area contributed by atoms with Crippen molar-refractivity contribution < 1.29 is 22.6 Å². The molecular formula is C16H24N2O5S. The Labute approximate surface area is 143 Å². The van der Waals surface area contributed by atoms with Gasteiger partial charge in [0.1, 0.15) is 11.5 Å². The van der Waals surface area contributed by atoms with Crippen LogP contribution in [-0.4, -0.2) is 64.1 Å². The Morgan fingerprint density at radius 3 is 2.54 bits per heavy atom. The summed E-state index contributed by atoms with van der Waals surface area (Å²) in [4.78, 5) is 0. The number of rotatable bonds is 5. The second-order valence-corrected chi connectivity index (χ2v) is 7.78. The van der Waals surface area contributed by atoms with Gasteiger partial charge in [-0.05, 0) is 18.9 Å². The summed E-state index contributed by atoms with van der Waals surface area (Å²) in [7, 11) is -0.312. The maximum absolute atomic E-state index is 13.0. The standard InChI is InChI=1S/C16H24N2O5S/c1-21-13-5-6-14(16(12-13)22-2)15-4-3-7-18(15)24(19,20)17-8-10-23-11-9-17/h5-6,12,15H,3-4,7-11H2,1-2H3. The molecular weight excluding hydrogens is 332 g/mol. The molecule has 0 spiro atoms. The summed E-state index contributed by atoms with van der Waals surface area (Å²) in [5, 5.41) is 0. The average molecular weight is 356 g/mol. The number of ether oxygens (including phenoxy) is 3. The lowest BCUT2D eigenvalue weighted by molar-refractivity contribution is 0.0698. The summed E-state index contributed by atoms with van der Waals surface area (Å²) in [5.74, 6) is 1.35. The minimum absolute atomic E-state index is 0.210. The molecule has 2 saturated heterocycles. The van der Waals surface area contributed by atoms with E-state index < -0.39 is 10.2 Å². The van der Waals surface area contributed by atoms with Crippen LogP contribution in [0.4, 0.5) is 0 Å². The van der Waals surface area contributed by atoms with Crippen molar-refractivity contribution in [1.82, 2.24) is 8.61 Å². The zero-order chi connectivity index (χ0) is 17.2. The van der Waals surface area contributed by atoms with E-state index in [0.717, 1.165) is 18.4 Å². The molecule has 1 unspecified atom stereocenters. The molecule has 1 aromatic rings. The number of nitrogens with zero attached hydrogens (tertiary/aromatic N) is 2. The van der Waals surface area contributed by atoms with Crippen LogP contribution in [0.25, 0.3) is 0 Å². The Balaban J connectivity index is 1.90. The molecule has 2 aliphatic rings. The smallest absolute Gasteiger partial charge is 0.282 e.